The van der Waals surface area contributed by atoms with Gasteiger partial charge in [0.15, 0.2) is 5.82 Å². The number of hydrogen-bond acceptors (Lipinski definition) is 4. The maximum absolute atomic E-state index is 5.97. The summed E-state index contributed by atoms with van der Waals surface area (Å²) < 4.78 is 3.02. The zero-order valence-corrected chi connectivity index (χ0v) is 12.1. The number of benzene rings is 1. The van der Waals surface area contributed by atoms with Gasteiger partial charge in [-0.25, -0.2) is 4.68 Å². The highest BCUT2D eigenvalue weighted by atomic mass is 35.5. The van der Waals surface area contributed by atoms with Crippen LogP contribution in [0.25, 0.3) is 18.1 Å². The Hall–Kier alpha value is -2.60. The van der Waals surface area contributed by atoms with Gasteiger partial charge in [0, 0.05) is 5.02 Å². The van der Waals surface area contributed by atoms with E-state index in [1.807, 2.05) is 42.5 Å². The Morgan fingerprint density at radius 3 is 2.76 bits per heavy atom. The summed E-state index contributed by atoms with van der Waals surface area (Å²) in [4.78, 5) is 0. The van der Waals surface area contributed by atoms with Crippen LogP contribution in [0.15, 0.2) is 36.5 Å². The maximum Gasteiger partial charge on any atom is 0.271 e. The fourth-order valence-electron chi connectivity index (χ4n) is 1.90. The van der Waals surface area contributed by atoms with Crippen molar-refractivity contribution in [2.45, 2.75) is 6.92 Å². The Kier molecular flexibility index (Phi) is 3.45. The van der Waals surface area contributed by atoms with E-state index in [1.165, 1.54) is 4.68 Å². The molecule has 2 N–H and O–H groups in total. The Balaban J connectivity index is 1.95. The number of halogens is 1. The zero-order chi connectivity index (χ0) is 14.8. The number of nitrogens with two attached hydrogens (primary N) is 1. The van der Waals surface area contributed by atoms with Crippen LogP contribution in [0.4, 0.5) is 0 Å². The quantitative estimate of drug-likeness (QED) is 0.753. The van der Waals surface area contributed by atoms with Gasteiger partial charge in [-0.1, -0.05) is 29.8 Å². The third kappa shape index (κ3) is 2.66. The average molecular weight is 301 g/mol. The van der Waals surface area contributed by atoms with E-state index in [2.05, 4.69) is 15.3 Å². The molecule has 0 fully saturated rings. The van der Waals surface area contributed by atoms with Gasteiger partial charge >= 0.3 is 0 Å². The van der Waals surface area contributed by atoms with Crippen LogP contribution in [0.1, 0.15) is 17.1 Å². The zero-order valence-electron chi connectivity index (χ0n) is 11.3. The van der Waals surface area contributed by atoms with E-state index < -0.39 is 0 Å². The van der Waals surface area contributed by atoms with Gasteiger partial charge in [0.2, 0.25) is 0 Å². The van der Waals surface area contributed by atoms with E-state index in [-0.39, 0.29) is 0 Å². The number of rotatable bonds is 3. The van der Waals surface area contributed by atoms with Crippen LogP contribution >= 0.6 is 11.6 Å². The molecule has 0 atom stereocenters. The molecule has 0 unspecified atom stereocenters. The topological polar surface area (TPSA) is 74.5 Å². The summed E-state index contributed by atoms with van der Waals surface area (Å²) in [5.74, 6) is 6.96. The Morgan fingerprint density at radius 1 is 1.19 bits per heavy atom. The summed E-state index contributed by atoms with van der Waals surface area (Å²) >= 11 is 5.97. The van der Waals surface area contributed by atoms with Crippen molar-refractivity contribution in [1.82, 2.24) is 24.7 Å². The lowest BCUT2D eigenvalue weighted by Gasteiger charge is -2.03. The summed E-state index contributed by atoms with van der Waals surface area (Å²) in [5, 5.41) is 12.9. The molecule has 7 heteroatoms. The van der Waals surface area contributed by atoms with Gasteiger partial charge in [-0.3, -0.25) is 0 Å². The van der Waals surface area contributed by atoms with Crippen molar-refractivity contribution in [1.29, 1.82) is 0 Å². The molecule has 3 aromatic rings. The molecular formula is C14H13ClN6. The highest BCUT2D eigenvalue weighted by Crippen LogP contribution is 2.15. The minimum absolute atomic E-state index is 0.461. The lowest BCUT2D eigenvalue weighted by atomic mass is 10.2. The molecule has 106 valence electrons. The van der Waals surface area contributed by atoms with Crippen molar-refractivity contribution in [3.8, 4) is 5.95 Å². The minimum atomic E-state index is 0.461. The lowest BCUT2D eigenvalue weighted by molar-refractivity contribution is 0.759. The maximum atomic E-state index is 5.97. The van der Waals surface area contributed by atoms with E-state index >= 15 is 0 Å². The van der Waals surface area contributed by atoms with Gasteiger partial charge in [-0.05, 0) is 36.8 Å². The SMILES string of the molecule is Cc1nnc(-n2nccc2C=Cc2cccc(Cl)c2)n1N. The van der Waals surface area contributed by atoms with E-state index in [4.69, 9.17) is 17.4 Å². The van der Waals surface area contributed by atoms with Crippen molar-refractivity contribution in [2.75, 3.05) is 5.84 Å². The second-order valence-electron chi connectivity index (χ2n) is 4.47. The molecule has 6 nitrogen and oxygen atoms in total. The smallest absolute Gasteiger partial charge is 0.271 e. The number of nitrogen functional groups attached to an aromatic ring is 1. The molecule has 0 spiro atoms. The highest BCUT2D eigenvalue weighted by Gasteiger charge is 2.11. The van der Waals surface area contributed by atoms with Gasteiger partial charge in [-0.15, -0.1) is 10.2 Å². The molecule has 3 rings (SSSR count). The van der Waals surface area contributed by atoms with Crippen LogP contribution in [-0.2, 0) is 0 Å². The minimum Gasteiger partial charge on any atom is -0.335 e. The summed E-state index contributed by atoms with van der Waals surface area (Å²) in [7, 11) is 0. The molecule has 1 aromatic carbocycles. The van der Waals surface area contributed by atoms with E-state index in [9.17, 15) is 0 Å². The highest BCUT2D eigenvalue weighted by molar-refractivity contribution is 6.30. The molecule has 0 bridgehead atoms. The largest absolute Gasteiger partial charge is 0.335 e. The van der Waals surface area contributed by atoms with Gasteiger partial charge < -0.3 is 5.84 Å². The molecule has 2 heterocycles. The standard InChI is InChI=1S/C14H13ClN6/c1-10-18-19-14(20(10)16)21-13(7-8-17-21)6-5-11-3-2-4-12(15)9-11/h2-9H,16H2,1H3. The fourth-order valence-corrected chi connectivity index (χ4v) is 2.10. The number of nitrogens with zero attached hydrogens (tertiary/aromatic N) is 5. The normalized spacial score (nSPS) is 11.3. The molecule has 0 amide bonds. The molecular weight excluding hydrogens is 288 g/mol. The third-order valence-corrected chi connectivity index (χ3v) is 3.24. The van der Waals surface area contributed by atoms with Gasteiger partial charge in [-0.2, -0.15) is 9.78 Å². The average Bonchev–Trinajstić information content (AvgIpc) is 3.05. The second-order valence-corrected chi connectivity index (χ2v) is 4.91. The summed E-state index contributed by atoms with van der Waals surface area (Å²) in [6.07, 6.45) is 5.55. The Bertz CT molecular complexity index is 801. The van der Waals surface area contributed by atoms with Gasteiger partial charge in [0.25, 0.3) is 5.95 Å². The second kappa shape index (κ2) is 5.41. The molecule has 21 heavy (non-hydrogen) atoms. The first-order chi connectivity index (χ1) is 10.1. The summed E-state index contributed by atoms with van der Waals surface area (Å²) in [5.41, 5.74) is 1.84. The molecule has 2 aromatic heterocycles. The van der Waals surface area contributed by atoms with Crippen LogP contribution in [0, 0.1) is 6.92 Å². The Morgan fingerprint density at radius 2 is 2.05 bits per heavy atom. The first kappa shape index (κ1) is 13.4. The van der Waals surface area contributed by atoms with E-state index in [1.54, 1.807) is 17.8 Å². The van der Waals surface area contributed by atoms with E-state index in [0.717, 1.165) is 11.3 Å². The number of aromatic nitrogens is 5. The molecule has 0 aliphatic heterocycles. The molecule has 0 saturated heterocycles. The fraction of sp³-hybridized carbons (Fsp3) is 0.0714. The van der Waals surface area contributed by atoms with Crippen LogP contribution in [0.2, 0.25) is 5.02 Å². The Labute approximate surface area is 126 Å². The summed E-state index contributed by atoms with van der Waals surface area (Å²) in [6, 6.07) is 9.46. The van der Waals surface area contributed by atoms with Crippen molar-refractivity contribution >= 4 is 23.8 Å². The predicted molar refractivity (Wildman–Crippen MR) is 82.4 cm³/mol. The van der Waals surface area contributed by atoms with Crippen LogP contribution in [0.5, 0.6) is 0 Å². The molecule has 0 aliphatic rings. The van der Waals surface area contributed by atoms with Crippen molar-refractivity contribution in [3.63, 3.8) is 0 Å². The first-order valence-corrected chi connectivity index (χ1v) is 6.68. The van der Waals surface area contributed by atoms with E-state index in [0.29, 0.717) is 16.8 Å². The first-order valence-electron chi connectivity index (χ1n) is 6.30. The monoisotopic (exact) mass is 300 g/mol. The van der Waals surface area contributed by atoms with Gasteiger partial charge in [0.1, 0.15) is 0 Å². The molecule has 0 aliphatic carbocycles. The van der Waals surface area contributed by atoms with Crippen molar-refractivity contribution in [3.05, 3.63) is 58.6 Å². The van der Waals surface area contributed by atoms with Crippen molar-refractivity contribution in [2.24, 2.45) is 0 Å². The van der Waals surface area contributed by atoms with Gasteiger partial charge in [0.05, 0.1) is 11.9 Å². The number of hydrogen-bond donors (Lipinski definition) is 1. The van der Waals surface area contributed by atoms with Crippen molar-refractivity contribution < 1.29 is 0 Å². The van der Waals surface area contributed by atoms with Crippen LogP contribution < -0.4 is 5.84 Å². The molecule has 0 saturated carbocycles. The van der Waals surface area contributed by atoms with Crippen LogP contribution in [-0.4, -0.2) is 24.7 Å². The molecule has 0 radical (unpaired) electrons. The number of aryl methyl sites for hydroxylation is 1. The third-order valence-electron chi connectivity index (χ3n) is 3.00. The lowest BCUT2D eigenvalue weighted by Crippen LogP contribution is -2.17. The van der Waals surface area contributed by atoms with Crippen LogP contribution in [0.3, 0.4) is 0 Å². The predicted octanol–water partition coefficient (Wildman–Crippen LogP) is 2.31. The summed E-state index contributed by atoms with van der Waals surface area (Å²) in [6.45, 7) is 1.78.